The van der Waals surface area contributed by atoms with Gasteiger partial charge in [0.15, 0.2) is 5.82 Å². The molecule has 1 aliphatic carbocycles. The van der Waals surface area contributed by atoms with Crippen molar-refractivity contribution in [1.82, 2.24) is 24.4 Å². The van der Waals surface area contributed by atoms with E-state index >= 15 is 0 Å². The summed E-state index contributed by atoms with van der Waals surface area (Å²) in [5.41, 5.74) is 3.57. The van der Waals surface area contributed by atoms with E-state index in [2.05, 4.69) is 32.6 Å². The zero-order valence-corrected chi connectivity index (χ0v) is 17.8. The van der Waals surface area contributed by atoms with E-state index in [9.17, 15) is 4.79 Å². The van der Waals surface area contributed by atoms with Crippen LogP contribution in [0.4, 0.5) is 0 Å². The number of unbranched alkanes of at least 4 members (excludes halogenated alkanes) is 1. The van der Waals surface area contributed by atoms with E-state index in [1.54, 1.807) is 12.4 Å². The summed E-state index contributed by atoms with van der Waals surface area (Å²) in [6.45, 7) is 6.64. The Kier molecular flexibility index (Phi) is 6.21. The summed E-state index contributed by atoms with van der Waals surface area (Å²) in [6.07, 6.45) is 13.8. The number of pyridine rings is 1. The van der Waals surface area contributed by atoms with Crippen LogP contribution in [0.3, 0.4) is 0 Å². The number of carbonyl (C=O) groups excluding carboxylic acids is 1. The molecule has 0 aliphatic heterocycles. The molecule has 1 fully saturated rings. The largest absolute Gasteiger partial charge is 0.343 e. The summed E-state index contributed by atoms with van der Waals surface area (Å²) >= 11 is 0. The SMILES string of the molecule is CCCCN(CC)C(=O)c1cc(-c2cnc(-c3cccnc3)nc2)cn1CC1CC1. The van der Waals surface area contributed by atoms with Gasteiger partial charge >= 0.3 is 0 Å². The second kappa shape index (κ2) is 9.20. The van der Waals surface area contributed by atoms with Crippen molar-refractivity contribution >= 4 is 5.91 Å². The van der Waals surface area contributed by atoms with E-state index in [1.807, 2.05) is 42.4 Å². The van der Waals surface area contributed by atoms with Crippen molar-refractivity contribution < 1.29 is 4.79 Å². The summed E-state index contributed by atoms with van der Waals surface area (Å²) in [6, 6.07) is 5.82. The highest BCUT2D eigenvalue weighted by molar-refractivity contribution is 5.94. The quantitative estimate of drug-likeness (QED) is 0.520. The molecule has 1 aliphatic rings. The summed E-state index contributed by atoms with van der Waals surface area (Å²) in [5, 5.41) is 0. The lowest BCUT2D eigenvalue weighted by Gasteiger charge is -2.21. The number of amides is 1. The van der Waals surface area contributed by atoms with Crippen LogP contribution in [0.5, 0.6) is 0 Å². The van der Waals surface area contributed by atoms with Crippen LogP contribution < -0.4 is 0 Å². The van der Waals surface area contributed by atoms with E-state index in [4.69, 9.17) is 0 Å². The first kappa shape index (κ1) is 20.3. The minimum atomic E-state index is 0.116. The molecule has 1 saturated carbocycles. The topological polar surface area (TPSA) is 63.9 Å². The van der Waals surface area contributed by atoms with Crippen molar-refractivity contribution in [3.05, 3.63) is 54.9 Å². The third-order valence-electron chi connectivity index (χ3n) is 5.62. The third kappa shape index (κ3) is 4.58. The Morgan fingerprint density at radius 1 is 1.13 bits per heavy atom. The van der Waals surface area contributed by atoms with Gasteiger partial charge in [0.2, 0.25) is 0 Å². The van der Waals surface area contributed by atoms with Crippen molar-refractivity contribution in [2.24, 2.45) is 5.92 Å². The van der Waals surface area contributed by atoms with Crippen molar-refractivity contribution in [2.75, 3.05) is 13.1 Å². The molecule has 0 bridgehead atoms. The van der Waals surface area contributed by atoms with Crippen molar-refractivity contribution in [3.8, 4) is 22.5 Å². The van der Waals surface area contributed by atoms with Gasteiger partial charge in [-0.25, -0.2) is 9.97 Å². The molecule has 3 aromatic heterocycles. The van der Waals surface area contributed by atoms with Crippen molar-refractivity contribution in [2.45, 2.75) is 46.1 Å². The summed E-state index contributed by atoms with van der Waals surface area (Å²) in [5.74, 6) is 1.45. The first-order valence-corrected chi connectivity index (χ1v) is 10.9. The monoisotopic (exact) mass is 403 g/mol. The van der Waals surface area contributed by atoms with E-state index in [0.29, 0.717) is 11.7 Å². The molecule has 3 aromatic rings. The maximum Gasteiger partial charge on any atom is 0.270 e. The van der Waals surface area contributed by atoms with Gasteiger partial charge < -0.3 is 9.47 Å². The first-order valence-electron chi connectivity index (χ1n) is 10.9. The molecule has 0 saturated heterocycles. The van der Waals surface area contributed by atoms with Gasteiger partial charge in [-0.2, -0.15) is 0 Å². The molecular weight excluding hydrogens is 374 g/mol. The number of aromatic nitrogens is 4. The zero-order chi connectivity index (χ0) is 20.9. The average molecular weight is 404 g/mol. The fourth-order valence-corrected chi connectivity index (χ4v) is 3.61. The van der Waals surface area contributed by atoms with Gasteiger partial charge in [0.1, 0.15) is 5.69 Å². The molecule has 3 heterocycles. The van der Waals surface area contributed by atoms with Crippen LogP contribution in [0.1, 0.15) is 50.0 Å². The number of carbonyl (C=O) groups is 1. The molecule has 0 atom stereocenters. The molecule has 4 rings (SSSR count). The molecule has 0 radical (unpaired) electrons. The van der Waals surface area contributed by atoms with Gasteiger partial charge in [-0.1, -0.05) is 13.3 Å². The number of hydrogen-bond donors (Lipinski definition) is 0. The predicted molar refractivity (Wildman–Crippen MR) is 118 cm³/mol. The lowest BCUT2D eigenvalue weighted by molar-refractivity contribution is 0.0751. The lowest BCUT2D eigenvalue weighted by Crippen LogP contribution is -2.33. The Morgan fingerprint density at radius 2 is 1.93 bits per heavy atom. The first-order chi connectivity index (χ1) is 14.7. The predicted octanol–water partition coefficient (Wildman–Crippen LogP) is 4.68. The molecule has 6 heteroatoms. The molecule has 0 unspecified atom stereocenters. The molecule has 0 aromatic carbocycles. The van der Waals surface area contributed by atoms with Crippen LogP contribution in [0.25, 0.3) is 22.5 Å². The van der Waals surface area contributed by atoms with Gasteiger partial charge in [0.25, 0.3) is 5.91 Å². The molecule has 6 nitrogen and oxygen atoms in total. The Bertz CT molecular complexity index is 977. The lowest BCUT2D eigenvalue weighted by atomic mass is 10.1. The van der Waals surface area contributed by atoms with Crippen molar-refractivity contribution in [3.63, 3.8) is 0 Å². The summed E-state index contributed by atoms with van der Waals surface area (Å²) in [4.78, 5) is 28.4. The Hall–Kier alpha value is -3.02. The van der Waals surface area contributed by atoms with Gasteiger partial charge in [-0.15, -0.1) is 0 Å². The van der Waals surface area contributed by atoms with Gasteiger partial charge in [0.05, 0.1) is 0 Å². The second-order valence-electron chi connectivity index (χ2n) is 7.99. The maximum absolute atomic E-state index is 13.3. The molecule has 0 spiro atoms. The maximum atomic E-state index is 13.3. The normalized spacial score (nSPS) is 13.4. The van der Waals surface area contributed by atoms with Gasteiger partial charge in [-0.3, -0.25) is 9.78 Å². The van der Waals surface area contributed by atoms with E-state index < -0.39 is 0 Å². The molecule has 0 N–H and O–H groups in total. The van der Waals surface area contributed by atoms with E-state index in [1.165, 1.54) is 12.8 Å². The second-order valence-corrected chi connectivity index (χ2v) is 7.99. The highest BCUT2D eigenvalue weighted by Crippen LogP contribution is 2.33. The van der Waals surface area contributed by atoms with Crippen LogP contribution >= 0.6 is 0 Å². The van der Waals surface area contributed by atoms with Crippen LogP contribution in [0.2, 0.25) is 0 Å². The van der Waals surface area contributed by atoms with E-state index in [-0.39, 0.29) is 5.91 Å². The fourth-order valence-electron chi connectivity index (χ4n) is 3.61. The Morgan fingerprint density at radius 3 is 2.57 bits per heavy atom. The van der Waals surface area contributed by atoms with Gasteiger partial charge in [-0.05, 0) is 50.3 Å². The van der Waals surface area contributed by atoms with Crippen molar-refractivity contribution in [1.29, 1.82) is 0 Å². The van der Waals surface area contributed by atoms with Crippen LogP contribution in [-0.4, -0.2) is 43.4 Å². The third-order valence-corrected chi connectivity index (χ3v) is 5.62. The highest BCUT2D eigenvalue weighted by atomic mass is 16.2. The molecular formula is C24H29N5O. The minimum Gasteiger partial charge on any atom is -0.343 e. The van der Waals surface area contributed by atoms with Gasteiger partial charge in [0, 0.05) is 67.3 Å². The fraction of sp³-hybridized carbons (Fsp3) is 0.417. The summed E-state index contributed by atoms with van der Waals surface area (Å²) in [7, 11) is 0. The highest BCUT2D eigenvalue weighted by Gasteiger charge is 2.26. The van der Waals surface area contributed by atoms with Crippen LogP contribution in [0.15, 0.2) is 49.2 Å². The molecule has 156 valence electrons. The standard InChI is InChI=1S/C24H29N5O/c1-3-5-11-28(4-2)24(30)22-12-20(17-29(22)16-18-8-9-18)21-14-26-23(27-15-21)19-7-6-10-25-13-19/h6-7,10,12-15,17-18H,3-5,8-9,11,16H2,1-2H3. The summed E-state index contributed by atoms with van der Waals surface area (Å²) < 4.78 is 2.14. The number of nitrogens with zero attached hydrogens (tertiary/aromatic N) is 5. The Balaban J connectivity index is 1.61. The van der Waals surface area contributed by atoms with Crippen LogP contribution in [0, 0.1) is 5.92 Å². The Labute approximate surface area is 178 Å². The smallest absolute Gasteiger partial charge is 0.270 e. The van der Waals surface area contributed by atoms with E-state index in [0.717, 1.165) is 54.9 Å². The average Bonchev–Trinajstić information content (AvgIpc) is 3.51. The molecule has 30 heavy (non-hydrogen) atoms. The number of rotatable bonds is 9. The van der Waals surface area contributed by atoms with Crippen LogP contribution in [-0.2, 0) is 6.54 Å². The number of hydrogen-bond acceptors (Lipinski definition) is 4. The zero-order valence-electron chi connectivity index (χ0n) is 17.8. The molecule has 1 amide bonds. The minimum absolute atomic E-state index is 0.116.